The van der Waals surface area contributed by atoms with Gasteiger partial charge in [0.1, 0.15) is 17.2 Å². The molecule has 1 atom stereocenters. The smallest absolute Gasteiger partial charge is 0.232 e. The summed E-state index contributed by atoms with van der Waals surface area (Å²) in [4.78, 5) is 18.9. The number of ether oxygens (including phenoxy) is 3. The van der Waals surface area contributed by atoms with Gasteiger partial charge in [0.15, 0.2) is 0 Å². The number of carbonyl (C=O) groups excluding carboxylic acids is 1. The second-order valence-electron chi connectivity index (χ2n) is 7.01. The lowest BCUT2D eigenvalue weighted by Gasteiger charge is -2.18. The van der Waals surface area contributed by atoms with E-state index >= 15 is 0 Å². The lowest BCUT2D eigenvalue weighted by Crippen LogP contribution is -2.24. The Morgan fingerprint density at radius 1 is 1.07 bits per heavy atom. The van der Waals surface area contributed by atoms with E-state index in [-0.39, 0.29) is 11.8 Å². The van der Waals surface area contributed by atoms with Crippen molar-refractivity contribution in [2.24, 2.45) is 0 Å². The molecule has 0 spiro atoms. The summed E-state index contributed by atoms with van der Waals surface area (Å²) in [5, 5.41) is 4.09. The van der Waals surface area contributed by atoms with E-state index in [9.17, 15) is 4.79 Å². The van der Waals surface area contributed by atoms with E-state index in [0.29, 0.717) is 48.5 Å². The summed E-state index contributed by atoms with van der Waals surface area (Å²) >= 11 is 0. The summed E-state index contributed by atoms with van der Waals surface area (Å²) in [6.45, 7) is 0.913. The zero-order chi connectivity index (χ0) is 21.1. The van der Waals surface area contributed by atoms with E-state index in [0.717, 1.165) is 11.1 Å². The molecular weight excluding hydrogens is 386 g/mol. The molecule has 1 aliphatic heterocycles. The molecule has 0 radical (unpaired) electrons. The molecule has 30 heavy (non-hydrogen) atoms. The number of hydrogen-bond donors (Lipinski definition) is 0. The molecule has 0 bridgehead atoms. The quantitative estimate of drug-likeness (QED) is 0.592. The van der Waals surface area contributed by atoms with Gasteiger partial charge in [-0.15, -0.1) is 0 Å². The summed E-state index contributed by atoms with van der Waals surface area (Å²) in [6.07, 6.45) is 0.319. The van der Waals surface area contributed by atoms with Gasteiger partial charge >= 0.3 is 0 Å². The number of benzene rings is 2. The van der Waals surface area contributed by atoms with Crippen molar-refractivity contribution < 1.29 is 23.5 Å². The number of nitrogens with zero attached hydrogens (tertiary/aromatic N) is 3. The molecule has 156 valence electrons. The van der Waals surface area contributed by atoms with Gasteiger partial charge in [-0.05, 0) is 30.3 Å². The first-order valence-corrected chi connectivity index (χ1v) is 9.58. The Morgan fingerprint density at radius 3 is 2.63 bits per heavy atom. The van der Waals surface area contributed by atoms with Crippen molar-refractivity contribution in [1.29, 1.82) is 0 Å². The molecule has 2 heterocycles. The molecular formula is C22H23N3O5. The number of para-hydroxylation sites is 1. The first kappa shape index (κ1) is 19.8. The van der Waals surface area contributed by atoms with Gasteiger partial charge in [-0.25, -0.2) is 0 Å². The zero-order valence-corrected chi connectivity index (χ0v) is 17.1. The number of amides is 1. The molecule has 1 aliphatic rings. The van der Waals surface area contributed by atoms with Crippen molar-refractivity contribution >= 4 is 5.91 Å². The molecule has 1 aromatic heterocycles. The summed E-state index contributed by atoms with van der Waals surface area (Å²) in [5.74, 6) is 2.86. The van der Waals surface area contributed by atoms with Crippen molar-refractivity contribution in [2.45, 2.75) is 18.9 Å². The monoisotopic (exact) mass is 409 g/mol. The molecule has 0 aliphatic carbocycles. The van der Waals surface area contributed by atoms with Crippen molar-refractivity contribution in [3.63, 3.8) is 0 Å². The van der Waals surface area contributed by atoms with Crippen molar-refractivity contribution in [3.8, 4) is 28.6 Å². The van der Waals surface area contributed by atoms with Crippen LogP contribution in [0.5, 0.6) is 17.2 Å². The highest BCUT2D eigenvalue weighted by Crippen LogP contribution is 2.33. The Morgan fingerprint density at radius 2 is 1.87 bits per heavy atom. The highest BCUT2D eigenvalue weighted by atomic mass is 16.5. The third kappa shape index (κ3) is 3.80. The third-order valence-electron chi connectivity index (χ3n) is 5.20. The SMILES string of the molecule is COc1ccc(OC)c(CN2CC(c3nc(-c4ccccc4OC)no3)CC2=O)c1. The minimum atomic E-state index is -0.162. The molecule has 8 heteroatoms. The average Bonchev–Trinajstić information content (AvgIpc) is 3.41. The van der Waals surface area contributed by atoms with Crippen LogP contribution >= 0.6 is 0 Å². The highest BCUT2D eigenvalue weighted by Gasteiger charge is 2.35. The Balaban J connectivity index is 1.52. The van der Waals surface area contributed by atoms with Gasteiger partial charge in [0, 0.05) is 25.1 Å². The number of methoxy groups -OCH3 is 3. The van der Waals surface area contributed by atoms with Crippen LogP contribution in [0.1, 0.15) is 23.8 Å². The molecule has 4 rings (SSSR count). The molecule has 1 unspecified atom stereocenters. The maximum atomic E-state index is 12.6. The fraction of sp³-hybridized carbons (Fsp3) is 0.318. The van der Waals surface area contributed by atoms with Gasteiger partial charge in [0.05, 0.1) is 32.8 Å². The van der Waals surface area contributed by atoms with Crippen LogP contribution in [-0.2, 0) is 11.3 Å². The molecule has 3 aromatic rings. The maximum Gasteiger partial charge on any atom is 0.232 e. The second kappa shape index (κ2) is 8.44. The highest BCUT2D eigenvalue weighted by molar-refractivity contribution is 5.79. The van der Waals surface area contributed by atoms with E-state index < -0.39 is 0 Å². The summed E-state index contributed by atoms with van der Waals surface area (Å²) in [5.41, 5.74) is 1.63. The lowest BCUT2D eigenvalue weighted by atomic mass is 10.1. The lowest BCUT2D eigenvalue weighted by molar-refractivity contribution is -0.128. The Hall–Kier alpha value is -3.55. The van der Waals surface area contributed by atoms with Crippen LogP contribution in [0.25, 0.3) is 11.4 Å². The third-order valence-corrected chi connectivity index (χ3v) is 5.20. The van der Waals surface area contributed by atoms with Crippen LogP contribution in [0.2, 0.25) is 0 Å². The first-order chi connectivity index (χ1) is 14.6. The topological polar surface area (TPSA) is 86.9 Å². The predicted octanol–water partition coefficient (Wildman–Crippen LogP) is 3.28. The van der Waals surface area contributed by atoms with Crippen molar-refractivity contribution in [1.82, 2.24) is 15.0 Å². The van der Waals surface area contributed by atoms with Crippen LogP contribution < -0.4 is 14.2 Å². The molecule has 8 nitrogen and oxygen atoms in total. The van der Waals surface area contributed by atoms with Crippen LogP contribution in [0.15, 0.2) is 47.0 Å². The van der Waals surface area contributed by atoms with Gasteiger partial charge in [-0.2, -0.15) is 4.98 Å². The summed E-state index contributed by atoms with van der Waals surface area (Å²) in [7, 11) is 4.81. The molecule has 0 N–H and O–H groups in total. The predicted molar refractivity (Wildman–Crippen MR) is 109 cm³/mol. The fourth-order valence-electron chi connectivity index (χ4n) is 3.64. The number of rotatable bonds is 7. The van der Waals surface area contributed by atoms with E-state index in [1.54, 1.807) is 26.2 Å². The van der Waals surface area contributed by atoms with Crippen molar-refractivity contribution in [2.75, 3.05) is 27.9 Å². The standard InChI is InChI=1S/C22H23N3O5/c1-27-16-8-9-18(28-2)14(10-16)12-25-13-15(11-20(25)26)22-23-21(24-30-22)17-6-4-5-7-19(17)29-3/h4-10,15H,11-13H2,1-3H3. The van der Waals surface area contributed by atoms with Crippen LogP contribution in [0.4, 0.5) is 0 Å². The number of carbonyl (C=O) groups is 1. The molecule has 1 amide bonds. The molecule has 2 aromatic carbocycles. The van der Waals surface area contributed by atoms with Gasteiger partial charge < -0.3 is 23.6 Å². The van der Waals surface area contributed by atoms with Gasteiger partial charge in [0.25, 0.3) is 0 Å². The van der Waals surface area contributed by atoms with Crippen LogP contribution in [0.3, 0.4) is 0 Å². The number of likely N-dealkylation sites (tertiary alicyclic amines) is 1. The van der Waals surface area contributed by atoms with Crippen molar-refractivity contribution in [3.05, 3.63) is 53.9 Å². The van der Waals surface area contributed by atoms with Gasteiger partial charge in [-0.1, -0.05) is 17.3 Å². The Kier molecular flexibility index (Phi) is 5.56. The average molecular weight is 409 g/mol. The largest absolute Gasteiger partial charge is 0.497 e. The first-order valence-electron chi connectivity index (χ1n) is 9.58. The van der Waals surface area contributed by atoms with E-state index in [4.69, 9.17) is 18.7 Å². The Labute approximate surface area is 174 Å². The summed E-state index contributed by atoms with van der Waals surface area (Å²) in [6, 6.07) is 13.0. The Bertz CT molecular complexity index is 1050. The normalized spacial score (nSPS) is 16.0. The number of hydrogen-bond acceptors (Lipinski definition) is 7. The fourth-order valence-corrected chi connectivity index (χ4v) is 3.64. The zero-order valence-electron chi connectivity index (χ0n) is 17.1. The molecule has 1 saturated heterocycles. The van der Waals surface area contributed by atoms with Crippen LogP contribution in [0, 0.1) is 0 Å². The minimum Gasteiger partial charge on any atom is -0.497 e. The maximum absolute atomic E-state index is 12.6. The van der Waals surface area contributed by atoms with E-state index in [1.165, 1.54) is 0 Å². The molecule has 0 saturated carbocycles. The van der Waals surface area contributed by atoms with Gasteiger partial charge in [0.2, 0.25) is 17.6 Å². The summed E-state index contributed by atoms with van der Waals surface area (Å²) < 4.78 is 21.6. The van der Waals surface area contributed by atoms with E-state index in [1.807, 2.05) is 42.5 Å². The second-order valence-corrected chi connectivity index (χ2v) is 7.01. The van der Waals surface area contributed by atoms with Gasteiger partial charge in [-0.3, -0.25) is 4.79 Å². The molecule has 1 fully saturated rings. The minimum absolute atomic E-state index is 0.0296. The van der Waals surface area contributed by atoms with E-state index in [2.05, 4.69) is 10.1 Å². The number of aromatic nitrogens is 2. The van der Waals surface area contributed by atoms with Crippen LogP contribution in [-0.4, -0.2) is 48.8 Å².